The highest BCUT2D eigenvalue weighted by Crippen LogP contribution is 2.24. The van der Waals surface area contributed by atoms with Crippen LogP contribution in [-0.4, -0.2) is 26.8 Å². The van der Waals surface area contributed by atoms with Crippen LogP contribution in [0.3, 0.4) is 0 Å². The number of rotatable bonds is 7. The summed E-state index contributed by atoms with van der Waals surface area (Å²) in [5.74, 6) is 1.07. The summed E-state index contributed by atoms with van der Waals surface area (Å²) in [5, 5.41) is 0. The van der Waals surface area contributed by atoms with Gasteiger partial charge in [-0.1, -0.05) is 34.1 Å². The van der Waals surface area contributed by atoms with Gasteiger partial charge in [-0.3, -0.25) is 4.79 Å². The fourth-order valence-corrected chi connectivity index (χ4v) is 2.31. The summed E-state index contributed by atoms with van der Waals surface area (Å²) < 4.78 is 16.3. The first-order chi connectivity index (χ1) is 11.1. The molecule has 0 fully saturated rings. The van der Waals surface area contributed by atoms with Crippen molar-refractivity contribution < 1.29 is 19.0 Å². The molecule has 0 aliphatic heterocycles. The molecule has 23 heavy (non-hydrogen) atoms. The maximum absolute atomic E-state index is 12.4. The van der Waals surface area contributed by atoms with Crippen molar-refractivity contribution in [3.8, 4) is 11.5 Å². The van der Waals surface area contributed by atoms with Crippen LogP contribution in [0.25, 0.3) is 6.08 Å². The zero-order chi connectivity index (χ0) is 16.7. The monoisotopic (exact) mass is 376 g/mol. The van der Waals surface area contributed by atoms with Gasteiger partial charge in [0.25, 0.3) is 0 Å². The van der Waals surface area contributed by atoms with Crippen molar-refractivity contribution in [2.75, 3.05) is 21.0 Å². The van der Waals surface area contributed by atoms with Crippen molar-refractivity contribution in [3.05, 3.63) is 64.1 Å². The number of ether oxygens (including phenoxy) is 3. The van der Waals surface area contributed by atoms with Crippen LogP contribution in [-0.2, 0) is 4.74 Å². The minimum absolute atomic E-state index is 0.0848. The summed E-state index contributed by atoms with van der Waals surface area (Å²) in [6, 6.07) is 12.7. The zero-order valence-corrected chi connectivity index (χ0v) is 14.5. The van der Waals surface area contributed by atoms with Crippen LogP contribution in [0.4, 0.5) is 0 Å². The van der Waals surface area contributed by atoms with Gasteiger partial charge >= 0.3 is 0 Å². The number of halogens is 1. The SMILES string of the molecule is COCOc1ccc(Br)cc1C(=O)/C=C/c1cccc(OC)c1. The first-order valence-corrected chi connectivity index (χ1v) is 7.71. The Labute approximate surface area is 143 Å². The maximum Gasteiger partial charge on any atom is 0.189 e. The third kappa shape index (κ3) is 4.94. The minimum Gasteiger partial charge on any atom is -0.497 e. The third-order valence-electron chi connectivity index (χ3n) is 3.06. The number of allylic oxidation sites excluding steroid dienone is 1. The number of carbonyl (C=O) groups is 1. The third-order valence-corrected chi connectivity index (χ3v) is 3.55. The number of hydrogen-bond acceptors (Lipinski definition) is 4. The van der Waals surface area contributed by atoms with E-state index >= 15 is 0 Å². The van der Waals surface area contributed by atoms with E-state index in [2.05, 4.69) is 15.9 Å². The lowest BCUT2D eigenvalue weighted by Crippen LogP contribution is -2.04. The van der Waals surface area contributed by atoms with Gasteiger partial charge in [0.15, 0.2) is 12.6 Å². The molecule has 0 aliphatic carbocycles. The van der Waals surface area contributed by atoms with Crippen LogP contribution in [0.5, 0.6) is 11.5 Å². The lowest BCUT2D eigenvalue weighted by Gasteiger charge is -2.09. The fraction of sp³-hybridized carbons (Fsp3) is 0.167. The topological polar surface area (TPSA) is 44.8 Å². The van der Waals surface area contributed by atoms with E-state index in [1.165, 1.54) is 13.2 Å². The van der Waals surface area contributed by atoms with Crippen molar-refractivity contribution in [1.29, 1.82) is 0 Å². The normalized spacial score (nSPS) is 10.7. The van der Waals surface area contributed by atoms with Crippen molar-refractivity contribution in [1.82, 2.24) is 0 Å². The molecule has 0 spiro atoms. The molecule has 0 N–H and O–H groups in total. The molecule has 5 heteroatoms. The van der Waals surface area contributed by atoms with Crippen LogP contribution >= 0.6 is 15.9 Å². The largest absolute Gasteiger partial charge is 0.497 e. The molecule has 0 radical (unpaired) electrons. The molecule has 120 valence electrons. The van der Waals surface area contributed by atoms with Gasteiger partial charge < -0.3 is 14.2 Å². The van der Waals surface area contributed by atoms with Gasteiger partial charge in [0.2, 0.25) is 0 Å². The van der Waals surface area contributed by atoms with Crippen LogP contribution in [0.2, 0.25) is 0 Å². The zero-order valence-electron chi connectivity index (χ0n) is 12.9. The second-order valence-corrected chi connectivity index (χ2v) is 5.58. The maximum atomic E-state index is 12.4. The van der Waals surface area contributed by atoms with E-state index in [0.29, 0.717) is 11.3 Å². The van der Waals surface area contributed by atoms with Crippen molar-refractivity contribution in [2.24, 2.45) is 0 Å². The smallest absolute Gasteiger partial charge is 0.189 e. The Morgan fingerprint density at radius 1 is 1.17 bits per heavy atom. The van der Waals surface area contributed by atoms with Gasteiger partial charge in [0.1, 0.15) is 11.5 Å². The Morgan fingerprint density at radius 2 is 2.00 bits per heavy atom. The molecule has 0 aromatic heterocycles. The average Bonchev–Trinajstić information content (AvgIpc) is 2.58. The van der Waals surface area contributed by atoms with E-state index in [1.807, 2.05) is 30.3 Å². The van der Waals surface area contributed by atoms with Gasteiger partial charge in [0.05, 0.1) is 12.7 Å². The summed E-state index contributed by atoms with van der Waals surface area (Å²) in [4.78, 5) is 12.4. The van der Waals surface area contributed by atoms with E-state index in [1.54, 1.807) is 25.3 Å². The second-order valence-electron chi connectivity index (χ2n) is 4.67. The molecule has 2 rings (SSSR count). The summed E-state index contributed by atoms with van der Waals surface area (Å²) in [7, 11) is 3.14. The van der Waals surface area contributed by atoms with Crippen LogP contribution in [0, 0.1) is 0 Å². The first kappa shape index (κ1) is 17.2. The minimum atomic E-state index is -0.153. The van der Waals surface area contributed by atoms with Crippen LogP contribution in [0.15, 0.2) is 53.0 Å². The molecule has 2 aromatic carbocycles. The van der Waals surface area contributed by atoms with Crippen LogP contribution < -0.4 is 9.47 Å². The van der Waals surface area contributed by atoms with Crippen molar-refractivity contribution in [2.45, 2.75) is 0 Å². The standard InChI is InChI=1S/C18H17BrO4/c1-21-12-23-18-9-7-14(19)11-16(18)17(20)8-6-13-4-3-5-15(10-13)22-2/h3-11H,12H2,1-2H3/b8-6+. The summed E-state index contributed by atoms with van der Waals surface area (Å²) >= 11 is 3.37. The predicted octanol–water partition coefficient (Wildman–Crippen LogP) is 4.34. The molecule has 0 saturated carbocycles. The fourth-order valence-electron chi connectivity index (χ4n) is 1.95. The van der Waals surface area contributed by atoms with E-state index in [0.717, 1.165) is 15.8 Å². The Hall–Kier alpha value is -2.11. The Morgan fingerprint density at radius 3 is 2.74 bits per heavy atom. The van der Waals surface area contributed by atoms with E-state index in [4.69, 9.17) is 14.2 Å². The van der Waals surface area contributed by atoms with E-state index in [9.17, 15) is 4.79 Å². The summed E-state index contributed by atoms with van der Waals surface area (Å²) in [6.07, 6.45) is 3.25. The van der Waals surface area contributed by atoms with E-state index < -0.39 is 0 Å². The van der Waals surface area contributed by atoms with Gasteiger partial charge in [-0.2, -0.15) is 0 Å². The number of hydrogen-bond donors (Lipinski definition) is 0. The molecule has 0 amide bonds. The molecule has 0 atom stereocenters. The lowest BCUT2D eigenvalue weighted by atomic mass is 10.1. The molecule has 2 aromatic rings. The molecule has 4 nitrogen and oxygen atoms in total. The molecular formula is C18H17BrO4. The Bertz CT molecular complexity index is 710. The molecule has 0 unspecified atom stereocenters. The highest BCUT2D eigenvalue weighted by Gasteiger charge is 2.11. The highest BCUT2D eigenvalue weighted by molar-refractivity contribution is 9.10. The van der Waals surface area contributed by atoms with Crippen molar-refractivity contribution in [3.63, 3.8) is 0 Å². The van der Waals surface area contributed by atoms with E-state index in [-0.39, 0.29) is 12.6 Å². The predicted molar refractivity (Wildman–Crippen MR) is 93.0 cm³/mol. The molecule has 0 saturated heterocycles. The quantitative estimate of drug-likeness (QED) is 0.409. The van der Waals surface area contributed by atoms with Crippen molar-refractivity contribution >= 4 is 27.8 Å². The van der Waals surface area contributed by atoms with Crippen LogP contribution in [0.1, 0.15) is 15.9 Å². The number of ketones is 1. The molecule has 0 heterocycles. The second kappa shape index (κ2) is 8.50. The lowest BCUT2D eigenvalue weighted by molar-refractivity contribution is 0.0503. The number of benzene rings is 2. The Kier molecular flexibility index (Phi) is 6.38. The highest BCUT2D eigenvalue weighted by atomic mass is 79.9. The first-order valence-electron chi connectivity index (χ1n) is 6.92. The van der Waals surface area contributed by atoms with Gasteiger partial charge in [-0.15, -0.1) is 0 Å². The van der Waals surface area contributed by atoms with Gasteiger partial charge in [-0.25, -0.2) is 0 Å². The average molecular weight is 377 g/mol. The molecule has 0 bridgehead atoms. The molecular weight excluding hydrogens is 360 g/mol. The van der Waals surface area contributed by atoms with Gasteiger partial charge in [0, 0.05) is 11.6 Å². The number of carbonyl (C=O) groups excluding carboxylic acids is 1. The summed E-state index contributed by atoms with van der Waals surface area (Å²) in [5.41, 5.74) is 1.35. The summed E-state index contributed by atoms with van der Waals surface area (Å²) in [6.45, 7) is 0.0848. The van der Waals surface area contributed by atoms with Gasteiger partial charge in [-0.05, 0) is 42.0 Å². The Balaban J connectivity index is 2.22. The number of methoxy groups -OCH3 is 2. The molecule has 0 aliphatic rings.